The van der Waals surface area contributed by atoms with Crippen molar-refractivity contribution in [1.29, 1.82) is 0 Å². The first-order valence-corrected chi connectivity index (χ1v) is 11.7. The smallest absolute Gasteiger partial charge is 0.234 e. The van der Waals surface area contributed by atoms with Gasteiger partial charge in [-0.25, -0.2) is 18.4 Å². The summed E-state index contributed by atoms with van der Waals surface area (Å²) in [6.07, 6.45) is 1.19. The zero-order valence-corrected chi connectivity index (χ0v) is 18.2. The molecule has 3 aromatic rings. The largest absolute Gasteiger partial charge is 0.382 e. The summed E-state index contributed by atoms with van der Waals surface area (Å²) in [5.74, 6) is -0.0124. The minimum Gasteiger partial charge on any atom is -0.382 e. The van der Waals surface area contributed by atoms with Crippen molar-refractivity contribution in [1.82, 2.24) is 9.97 Å². The van der Waals surface area contributed by atoms with Crippen LogP contribution in [-0.2, 0) is 14.6 Å². The molecule has 0 bridgehead atoms. The lowest BCUT2D eigenvalue weighted by Crippen LogP contribution is -2.14. The highest BCUT2D eigenvalue weighted by Gasteiger charge is 2.23. The Hall–Kier alpha value is -2.91. The number of aromatic nitrogens is 2. The number of nitrogens with one attached hydrogen (secondary N) is 1. The zero-order chi connectivity index (χ0) is 21.7. The van der Waals surface area contributed by atoms with Crippen LogP contribution in [0.1, 0.15) is 25.3 Å². The van der Waals surface area contributed by atoms with Crippen LogP contribution in [0.5, 0.6) is 0 Å². The number of carbonyl (C=O) groups is 1. The van der Waals surface area contributed by atoms with Gasteiger partial charge < -0.3 is 11.1 Å². The standard InChI is InChI=1S/C21H22N4O3S2/c1-14(2)15-8-10-17(11-9-15)30(27,28)18-12-23-21(25-20(18)22)29-13-19(26)24-16-6-4-3-5-7-16/h3-12,14H,13H2,1-2H3,(H,24,26)(H2,22,23,25). The number of thioether (sulfide) groups is 1. The summed E-state index contributed by atoms with van der Waals surface area (Å²) >= 11 is 1.07. The second-order valence-electron chi connectivity index (χ2n) is 6.83. The number of para-hydroxylation sites is 1. The van der Waals surface area contributed by atoms with E-state index in [9.17, 15) is 13.2 Å². The number of amides is 1. The lowest BCUT2D eigenvalue weighted by molar-refractivity contribution is -0.113. The van der Waals surface area contributed by atoms with Crippen molar-refractivity contribution >= 4 is 39.0 Å². The lowest BCUT2D eigenvalue weighted by Gasteiger charge is -2.10. The highest BCUT2D eigenvalue weighted by Crippen LogP contribution is 2.27. The number of benzene rings is 2. The van der Waals surface area contributed by atoms with Gasteiger partial charge in [-0.1, -0.05) is 55.9 Å². The molecule has 0 spiro atoms. The molecule has 3 N–H and O–H groups in total. The Balaban J connectivity index is 1.70. The van der Waals surface area contributed by atoms with E-state index in [1.807, 2.05) is 32.0 Å². The Morgan fingerprint density at radius 3 is 2.37 bits per heavy atom. The molecule has 0 aliphatic heterocycles. The fourth-order valence-corrected chi connectivity index (χ4v) is 4.53. The Bertz CT molecular complexity index is 1130. The van der Waals surface area contributed by atoms with E-state index >= 15 is 0 Å². The maximum atomic E-state index is 12.9. The van der Waals surface area contributed by atoms with Gasteiger partial charge in [0.15, 0.2) is 5.16 Å². The molecule has 0 saturated carbocycles. The van der Waals surface area contributed by atoms with E-state index in [1.54, 1.807) is 36.4 Å². The first kappa shape index (κ1) is 21.8. The molecule has 0 aliphatic carbocycles. The summed E-state index contributed by atoms with van der Waals surface area (Å²) in [7, 11) is -3.84. The van der Waals surface area contributed by atoms with Crippen molar-refractivity contribution in [2.45, 2.75) is 34.7 Å². The van der Waals surface area contributed by atoms with Crippen LogP contribution in [0.25, 0.3) is 0 Å². The van der Waals surface area contributed by atoms with E-state index in [1.165, 1.54) is 6.20 Å². The monoisotopic (exact) mass is 442 g/mol. The van der Waals surface area contributed by atoms with Gasteiger partial charge in [-0.3, -0.25) is 4.79 Å². The quantitative estimate of drug-likeness (QED) is 0.423. The molecule has 3 rings (SSSR count). The van der Waals surface area contributed by atoms with Crippen molar-refractivity contribution in [3.8, 4) is 0 Å². The number of nitrogens with two attached hydrogens (primary N) is 1. The third-order valence-corrected chi connectivity index (χ3v) is 6.95. The predicted octanol–water partition coefficient (Wildman–Crippen LogP) is 3.75. The van der Waals surface area contributed by atoms with E-state index < -0.39 is 9.84 Å². The van der Waals surface area contributed by atoms with Crippen LogP contribution in [0.4, 0.5) is 11.5 Å². The molecule has 7 nitrogen and oxygen atoms in total. The maximum Gasteiger partial charge on any atom is 0.234 e. The highest BCUT2D eigenvalue weighted by molar-refractivity contribution is 7.99. The highest BCUT2D eigenvalue weighted by atomic mass is 32.2. The van der Waals surface area contributed by atoms with Crippen molar-refractivity contribution in [2.24, 2.45) is 0 Å². The molecule has 0 radical (unpaired) electrons. The number of nitrogens with zero attached hydrogens (tertiary/aromatic N) is 2. The minimum atomic E-state index is -3.84. The normalized spacial score (nSPS) is 11.4. The number of hydrogen-bond donors (Lipinski definition) is 2. The van der Waals surface area contributed by atoms with Gasteiger partial charge in [-0.15, -0.1) is 0 Å². The third kappa shape index (κ3) is 5.17. The van der Waals surface area contributed by atoms with E-state index in [-0.39, 0.29) is 32.4 Å². The molecular formula is C21H22N4O3S2. The minimum absolute atomic E-state index is 0.0666. The predicted molar refractivity (Wildman–Crippen MR) is 118 cm³/mol. The average Bonchev–Trinajstić information content (AvgIpc) is 2.73. The summed E-state index contributed by atoms with van der Waals surface area (Å²) in [6, 6.07) is 15.7. The Labute approximate surface area is 180 Å². The van der Waals surface area contributed by atoms with E-state index in [0.29, 0.717) is 11.6 Å². The van der Waals surface area contributed by atoms with Crippen LogP contribution in [0.15, 0.2) is 75.7 Å². The first-order valence-electron chi connectivity index (χ1n) is 9.22. The van der Waals surface area contributed by atoms with Gasteiger partial charge in [-0.2, -0.15) is 0 Å². The van der Waals surface area contributed by atoms with Gasteiger partial charge in [-0.05, 0) is 35.7 Å². The molecule has 1 amide bonds. The number of rotatable bonds is 7. The number of anilines is 2. The molecule has 0 unspecified atom stereocenters. The van der Waals surface area contributed by atoms with E-state index in [0.717, 1.165) is 17.3 Å². The number of nitrogen functional groups attached to an aromatic ring is 1. The zero-order valence-electron chi connectivity index (χ0n) is 16.6. The Morgan fingerprint density at radius 2 is 1.77 bits per heavy atom. The third-order valence-electron chi connectivity index (χ3n) is 4.30. The fourth-order valence-electron chi connectivity index (χ4n) is 2.65. The van der Waals surface area contributed by atoms with Crippen LogP contribution in [0, 0.1) is 0 Å². The van der Waals surface area contributed by atoms with Crippen molar-refractivity contribution < 1.29 is 13.2 Å². The summed E-state index contributed by atoms with van der Waals surface area (Å²) in [6.45, 7) is 4.07. The number of hydrogen-bond acceptors (Lipinski definition) is 7. The van der Waals surface area contributed by atoms with Gasteiger partial charge in [0.2, 0.25) is 15.7 Å². The molecule has 1 aromatic heterocycles. The molecule has 0 fully saturated rings. The SMILES string of the molecule is CC(C)c1ccc(S(=O)(=O)c2cnc(SCC(=O)Nc3ccccc3)nc2N)cc1. The Morgan fingerprint density at radius 1 is 1.10 bits per heavy atom. The first-order chi connectivity index (χ1) is 14.3. The lowest BCUT2D eigenvalue weighted by atomic mass is 10.0. The topological polar surface area (TPSA) is 115 Å². The van der Waals surface area contributed by atoms with Crippen LogP contribution in [0.2, 0.25) is 0 Å². The van der Waals surface area contributed by atoms with Crippen LogP contribution in [-0.4, -0.2) is 30.0 Å². The van der Waals surface area contributed by atoms with E-state index in [4.69, 9.17) is 5.73 Å². The van der Waals surface area contributed by atoms with E-state index in [2.05, 4.69) is 15.3 Å². The molecule has 2 aromatic carbocycles. The maximum absolute atomic E-state index is 12.9. The molecular weight excluding hydrogens is 420 g/mol. The van der Waals surface area contributed by atoms with Crippen molar-refractivity contribution in [3.05, 3.63) is 66.4 Å². The van der Waals surface area contributed by atoms with Crippen LogP contribution < -0.4 is 11.1 Å². The molecule has 30 heavy (non-hydrogen) atoms. The summed E-state index contributed by atoms with van der Waals surface area (Å²) in [5, 5.41) is 2.98. The van der Waals surface area contributed by atoms with Gasteiger partial charge in [0.1, 0.15) is 10.7 Å². The van der Waals surface area contributed by atoms with Crippen LogP contribution >= 0.6 is 11.8 Å². The second kappa shape index (κ2) is 9.27. The number of carbonyl (C=O) groups excluding carboxylic acids is 1. The summed E-state index contributed by atoms with van der Waals surface area (Å²) < 4.78 is 25.8. The fraction of sp³-hybridized carbons (Fsp3) is 0.190. The second-order valence-corrected chi connectivity index (χ2v) is 9.69. The van der Waals surface area contributed by atoms with Gasteiger partial charge in [0, 0.05) is 5.69 Å². The Kier molecular flexibility index (Phi) is 6.73. The molecule has 0 saturated heterocycles. The molecule has 156 valence electrons. The molecule has 0 atom stereocenters. The van der Waals surface area contributed by atoms with Gasteiger partial charge >= 0.3 is 0 Å². The average molecular weight is 443 g/mol. The van der Waals surface area contributed by atoms with Gasteiger partial charge in [0.05, 0.1) is 16.8 Å². The van der Waals surface area contributed by atoms with Crippen molar-refractivity contribution in [3.63, 3.8) is 0 Å². The van der Waals surface area contributed by atoms with Crippen LogP contribution in [0.3, 0.4) is 0 Å². The molecule has 0 aliphatic rings. The molecule has 9 heteroatoms. The molecule has 1 heterocycles. The summed E-state index contributed by atoms with van der Waals surface area (Å²) in [5.41, 5.74) is 7.64. The summed E-state index contributed by atoms with van der Waals surface area (Å²) in [4.78, 5) is 20.1. The van der Waals surface area contributed by atoms with Crippen molar-refractivity contribution in [2.75, 3.05) is 16.8 Å². The van der Waals surface area contributed by atoms with Gasteiger partial charge in [0.25, 0.3) is 0 Å². The number of sulfone groups is 1.